The molecule has 0 aliphatic rings. The molecule has 4 N–H and O–H groups in total. The molecular formula is C11H14N6O. The van der Waals surface area contributed by atoms with Gasteiger partial charge >= 0.3 is 0 Å². The molecule has 2 rings (SSSR count). The zero-order valence-electron chi connectivity index (χ0n) is 10.1. The van der Waals surface area contributed by atoms with Crippen molar-refractivity contribution in [3.63, 3.8) is 0 Å². The lowest BCUT2D eigenvalue weighted by molar-refractivity contribution is 0.101. The first kappa shape index (κ1) is 11.9. The van der Waals surface area contributed by atoms with E-state index in [0.29, 0.717) is 5.69 Å². The molecule has 1 amide bonds. The molecule has 0 aliphatic heterocycles. The van der Waals surface area contributed by atoms with E-state index in [4.69, 9.17) is 5.73 Å². The summed E-state index contributed by atoms with van der Waals surface area (Å²) < 4.78 is 0. The van der Waals surface area contributed by atoms with Crippen LogP contribution < -0.4 is 16.0 Å². The fourth-order valence-electron chi connectivity index (χ4n) is 1.43. The van der Waals surface area contributed by atoms with Gasteiger partial charge in [-0.25, -0.2) is 0 Å². The molecular weight excluding hydrogens is 232 g/mol. The third-order valence-electron chi connectivity index (χ3n) is 2.34. The first-order chi connectivity index (χ1) is 8.56. The Kier molecular flexibility index (Phi) is 3.13. The number of aromatic amines is 1. The SMILES string of the molecule is CN(C)c1cccc(NC(=O)c2nc(N)n[nH]2)c1. The summed E-state index contributed by atoms with van der Waals surface area (Å²) >= 11 is 0. The quantitative estimate of drug-likeness (QED) is 0.740. The molecule has 0 radical (unpaired) electrons. The molecule has 0 aliphatic carbocycles. The van der Waals surface area contributed by atoms with E-state index in [9.17, 15) is 4.79 Å². The van der Waals surface area contributed by atoms with Crippen molar-refractivity contribution in [3.8, 4) is 0 Å². The number of nitrogens with zero attached hydrogens (tertiary/aromatic N) is 3. The zero-order valence-corrected chi connectivity index (χ0v) is 10.1. The van der Waals surface area contributed by atoms with Crippen molar-refractivity contribution in [1.29, 1.82) is 0 Å². The van der Waals surface area contributed by atoms with Crippen LogP contribution in [0.25, 0.3) is 0 Å². The van der Waals surface area contributed by atoms with Gasteiger partial charge in [0.1, 0.15) is 0 Å². The van der Waals surface area contributed by atoms with Gasteiger partial charge in [0.05, 0.1) is 0 Å². The number of hydrogen-bond donors (Lipinski definition) is 3. The first-order valence-corrected chi connectivity index (χ1v) is 5.33. The number of carbonyl (C=O) groups is 1. The Morgan fingerprint density at radius 1 is 1.44 bits per heavy atom. The van der Waals surface area contributed by atoms with E-state index in [-0.39, 0.29) is 17.7 Å². The first-order valence-electron chi connectivity index (χ1n) is 5.33. The summed E-state index contributed by atoms with van der Waals surface area (Å²) in [6.45, 7) is 0. The van der Waals surface area contributed by atoms with E-state index in [0.717, 1.165) is 5.69 Å². The Balaban J connectivity index is 2.14. The molecule has 7 heteroatoms. The number of rotatable bonds is 3. The molecule has 0 unspecified atom stereocenters. The minimum Gasteiger partial charge on any atom is -0.378 e. The van der Waals surface area contributed by atoms with Crippen molar-refractivity contribution in [2.45, 2.75) is 0 Å². The number of hydrogen-bond acceptors (Lipinski definition) is 5. The molecule has 7 nitrogen and oxygen atoms in total. The molecule has 0 spiro atoms. The van der Waals surface area contributed by atoms with Gasteiger partial charge in [-0.1, -0.05) is 6.07 Å². The van der Waals surface area contributed by atoms with Crippen LogP contribution in [0.1, 0.15) is 10.6 Å². The van der Waals surface area contributed by atoms with Crippen molar-refractivity contribution >= 4 is 23.2 Å². The molecule has 1 aromatic heterocycles. The number of nitrogens with one attached hydrogen (secondary N) is 2. The molecule has 0 fully saturated rings. The fourth-order valence-corrected chi connectivity index (χ4v) is 1.43. The van der Waals surface area contributed by atoms with Gasteiger partial charge < -0.3 is 16.0 Å². The summed E-state index contributed by atoms with van der Waals surface area (Å²) in [4.78, 5) is 17.5. The lowest BCUT2D eigenvalue weighted by Gasteiger charge is -2.13. The third kappa shape index (κ3) is 2.57. The van der Waals surface area contributed by atoms with Crippen molar-refractivity contribution in [1.82, 2.24) is 15.2 Å². The lowest BCUT2D eigenvalue weighted by atomic mass is 10.2. The Bertz CT molecular complexity index is 562. The number of nitrogens with two attached hydrogens (primary N) is 1. The van der Waals surface area contributed by atoms with E-state index < -0.39 is 0 Å². The van der Waals surface area contributed by atoms with E-state index in [1.807, 2.05) is 37.2 Å². The van der Waals surface area contributed by atoms with E-state index in [1.165, 1.54) is 0 Å². The van der Waals surface area contributed by atoms with E-state index in [2.05, 4.69) is 20.5 Å². The maximum Gasteiger partial charge on any atom is 0.293 e. The van der Waals surface area contributed by atoms with Gasteiger partial charge in [0.15, 0.2) is 0 Å². The zero-order chi connectivity index (χ0) is 13.1. The van der Waals surface area contributed by atoms with Crippen LogP contribution in [0.3, 0.4) is 0 Å². The van der Waals surface area contributed by atoms with Gasteiger partial charge in [-0.15, -0.1) is 5.10 Å². The van der Waals surface area contributed by atoms with Gasteiger partial charge in [-0.3, -0.25) is 9.89 Å². The van der Waals surface area contributed by atoms with E-state index >= 15 is 0 Å². The molecule has 0 saturated heterocycles. The smallest absolute Gasteiger partial charge is 0.293 e. The Hall–Kier alpha value is -2.57. The molecule has 18 heavy (non-hydrogen) atoms. The van der Waals surface area contributed by atoms with Crippen molar-refractivity contribution < 1.29 is 4.79 Å². The molecule has 94 valence electrons. The molecule has 0 bridgehead atoms. The number of nitrogen functional groups attached to an aromatic ring is 1. The number of H-pyrrole nitrogens is 1. The average molecular weight is 246 g/mol. The van der Waals surface area contributed by atoms with Crippen LogP contribution in [0, 0.1) is 0 Å². The van der Waals surface area contributed by atoms with Crippen LogP contribution in [-0.4, -0.2) is 35.2 Å². The molecule has 1 aromatic carbocycles. The van der Waals surface area contributed by atoms with Crippen molar-refractivity contribution in [2.24, 2.45) is 0 Å². The van der Waals surface area contributed by atoms with Crippen LogP contribution >= 0.6 is 0 Å². The van der Waals surface area contributed by atoms with Crippen LogP contribution in [0.4, 0.5) is 17.3 Å². The summed E-state index contributed by atoms with van der Waals surface area (Å²) in [6, 6.07) is 7.46. The second-order valence-corrected chi connectivity index (χ2v) is 3.94. The van der Waals surface area contributed by atoms with Gasteiger partial charge in [0.25, 0.3) is 5.91 Å². The number of anilines is 3. The standard InChI is InChI=1S/C11H14N6O/c1-17(2)8-5-3-4-7(6-8)13-10(18)9-14-11(12)16-15-9/h3-6H,1-2H3,(H,13,18)(H3,12,14,15,16). The van der Waals surface area contributed by atoms with E-state index in [1.54, 1.807) is 6.07 Å². The maximum atomic E-state index is 11.8. The largest absolute Gasteiger partial charge is 0.378 e. The Labute approximate surface area is 104 Å². The highest BCUT2D eigenvalue weighted by Crippen LogP contribution is 2.17. The number of amides is 1. The minimum atomic E-state index is -0.380. The predicted octanol–water partition coefficient (Wildman–Crippen LogP) is 0.705. The number of carbonyl (C=O) groups excluding carboxylic acids is 1. The summed E-state index contributed by atoms with van der Waals surface area (Å²) in [5.41, 5.74) is 7.01. The highest BCUT2D eigenvalue weighted by molar-refractivity contribution is 6.01. The number of aromatic nitrogens is 3. The highest BCUT2D eigenvalue weighted by Gasteiger charge is 2.11. The monoisotopic (exact) mass is 246 g/mol. The second-order valence-electron chi connectivity index (χ2n) is 3.94. The summed E-state index contributed by atoms with van der Waals surface area (Å²) in [5, 5.41) is 8.76. The van der Waals surface area contributed by atoms with Crippen LogP contribution in [0.2, 0.25) is 0 Å². The summed E-state index contributed by atoms with van der Waals surface area (Å²) in [5.74, 6) is -0.250. The maximum absolute atomic E-state index is 11.8. The average Bonchev–Trinajstić information content (AvgIpc) is 2.76. The normalized spacial score (nSPS) is 10.1. The van der Waals surface area contributed by atoms with Crippen molar-refractivity contribution in [3.05, 3.63) is 30.1 Å². The highest BCUT2D eigenvalue weighted by atomic mass is 16.2. The number of benzene rings is 1. The molecule has 0 saturated carbocycles. The minimum absolute atomic E-state index is 0.0437. The molecule has 0 atom stereocenters. The van der Waals surface area contributed by atoms with Crippen LogP contribution in [0.15, 0.2) is 24.3 Å². The third-order valence-corrected chi connectivity index (χ3v) is 2.34. The van der Waals surface area contributed by atoms with Gasteiger partial charge in [-0.2, -0.15) is 4.98 Å². The molecule has 1 heterocycles. The second kappa shape index (κ2) is 4.74. The topological polar surface area (TPSA) is 99.9 Å². The Morgan fingerprint density at radius 2 is 2.22 bits per heavy atom. The van der Waals surface area contributed by atoms with Gasteiger partial charge in [0.2, 0.25) is 11.8 Å². The predicted molar refractivity (Wildman–Crippen MR) is 69.5 cm³/mol. The summed E-state index contributed by atoms with van der Waals surface area (Å²) in [6.07, 6.45) is 0. The molecule has 2 aromatic rings. The van der Waals surface area contributed by atoms with Gasteiger partial charge in [0, 0.05) is 25.5 Å². The van der Waals surface area contributed by atoms with Crippen molar-refractivity contribution in [2.75, 3.05) is 30.0 Å². The van der Waals surface area contributed by atoms with Gasteiger partial charge in [-0.05, 0) is 18.2 Å². The van der Waals surface area contributed by atoms with Crippen LogP contribution in [-0.2, 0) is 0 Å². The lowest BCUT2D eigenvalue weighted by Crippen LogP contribution is -2.15. The Morgan fingerprint density at radius 3 is 2.83 bits per heavy atom. The fraction of sp³-hybridized carbons (Fsp3) is 0.182. The summed E-state index contributed by atoms with van der Waals surface area (Å²) in [7, 11) is 3.86. The van der Waals surface area contributed by atoms with Crippen LogP contribution in [0.5, 0.6) is 0 Å².